The number of hydrogen-bond donors (Lipinski definition) is 2. The summed E-state index contributed by atoms with van der Waals surface area (Å²) in [6.45, 7) is 9.26. The van der Waals surface area contributed by atoms with Gasteiger partial charge in [-0.1, -0.05) is 64.1 Å². The summed E-state index contributed by atoms with van der Waals surface area (Å²) in [6, 6.07) is 13.2. The zero-order chi connectivity index (χ0) is 23.1. The van der Waals surface area contributed by atoms with Crippen molar-refractivity contribution in [3.63, 3.8) is 0 Å². The number of carboxylic acid groups (broad SMARTS) is 1. The molecule has 0 aliphatic heterocycles. The van der Waals surface area contributed by atoms with E-state index in [1.807, 2.05) is 35.2 Å². The van der Waals surface area contributed by atoms with Gasteiger partial charge in [0.1, 0.15) is 0 Å². The number of rotatable bonds is 5. The summed E-state index contributed by atoms with van der Waals surface area (Å²) >= 11 is 0. The molecular formula is C27H30N2O3. The van der Waals surface area contributed by atoms with Crippen LogP contribution in [0.1, 0.15) is 72.3 Å². The minimum Gasteiger partial charge on any atom is -0.478 e. The van der Waals surface area contributed by atoms with Gasteiger partial charge in [0.25, 0.3) is 0 Å². The van der Waals surface area contributed by atoms with E-state index in [0.29, 0.717) is 6.54 Å². The first-order valence-electron chi connectivity index (χ1n) is 10.9. The minimum absolute atomic E-state index is 0.127. The number of aliphatic hydroxyl groups is 1. The van der Waals surface area contributed by atoms with E-state index in [1.165, 1.54) is 11.1 Å². The number of benzene rings is 2. The summed E-state index contributed by atoms with van der Waals surface area (Å²) in [7, 11) is 0. The largest absolute Gasteiger partial charge is 0.478 e. The third kappa shape index (κ3) is 4.13. The Bertz CT molecular complexity index is 1160. The lowest BCUT2D eigenvalue weighted by atomic mass is 9.61. The number of aromatic nitrogens is 2. The third-order valence-corrected chi connectivity index (χ3v) is 6.74. The van der Waals surface area contributed by atoms with E-state index in [0.717, 1.165) is 23.1 Å². The smallest absolute Gasteiger partial charge is 0.335 e. The van der Waals surface area contributed by atoms with Crippen LogP contribution in [0.15, 0.2) is 54.9 Å². The van der Waals surface area contributed by atoms with Gasteiger partial charge < -0.3 is 10.2 Å². The highest BCUT2D eigenvalue weighted by molar-refractivity contribution is 5.88. The predicted molar refractivity (Wildman–Crippen MR) is 127 cm³/mol. The van der Waals surface area contributed by atoms with Crippen molar-refractivity contribution in [1.29, 1.82) is 0 Å². The Morgan fingerprint density at radius 2 is 1.84 bits per heavy atom. The molecule has 5 heteroatoms. The zero-order valence-electron chi connectivity index (χ0n) is 19.0. The molecule has 1 atom stereocenters. The Morgan fingerprint density at radius 3 is 2.47 bits per heavy atom. The molecule has 0 saturated heterocycles. The van der Waals surface area contributed by atoms with Crippen LogP contribution in [0.2, 0.25) is 0 Å². The van der Waals surface area contributed by atoms with Crippen LogP contribution in [-0.4, -0.2) is 32.1 Å². The number of carbonyl (C=O) groups is 1. The van der Waals surface area contributed by atoms with Crippen molar-refractivity contribution < 1.29 is 15.0 Å². The Morgan fingerprint density at radius 1 is 1.12 bits per heavy atom. The summed E-state index contributed by atoms with van der Waals surface area (Å²) < 4.78 is 1.91. The van der Waals surface area contributed by atoms with Crippen LogP contribution in [0.25, 0.3) is 12.2 Å². The number of aromatic carboxylic acids is 1. The first-order chi connectivity index (χ1) is 15.1. The number of carboxylic acids is 1. The van der Waals surface area contributed by atoms with Crippen LogP contribution >= 0.6 is 0 Å². The van der Waals surface area contributed by atoms with Crippen molar-refractivity contribution in [3.8, 4) is 0 Å². The van der Waals surface area contributed by atoms with Gasteiger partial charge in [-0.3, -0.25) is 4.68 Å². The van der Waals surface area contributed by atoms with Gasteiger partial charge in [0.2, 0.25) is 0 Å². The van der Waals surface area contributed by atoms with Gasteiger partial charge in [0.05, 0.1) is 18.2 Å². The summed E-state index contributed by atoms with van der Waals surface area (Å²) in [6.07, 6.45) is 8.11. The zero-order valence-corrected chi connectivity index (χ0v) is 19.0. The number of aliphatic hydroxyl groups excluding tert-OH is 1. The number of fused-ring (bicyclic) bond motifs is 1. The Labute approximate surface area is 189 Å². The molecule has 5 nitrogen and oxygen atoms in total. The fraction of sp³-hybridized carbons (Fsp3) is 0.333. The van der Waals surface area contributed by atoms with Crippen molar-refractivity contribution in [1.82, 2.24) is 9.78 Å². The van der Waals surface area contributed by atoms with Gasteiger partial charge in [-0.25, -0.2) is 4.79 Å². The van der Waals surface area contributed by atoms with E-state index in [-0.39, 0.29) is 16.4 Å². The van der Waals surface area contributed by atoms with Crippen LogP contribution in [-0.2, 0) is 17.4 Å². The normalized spacial score (nSPS) is 19.1. The summed E-state index contributed by atoms with van der Waals surface area (Å²) in [5.41, 5.74) is 5.40. The quantitative estimate of drug-likeness (QED) is 0.551. The second-order valence-corrected chi connectivity index (χ2v) is 9.89. The van der Waals surface area contributed by atoms with Crippen molar-refractivity contribution in [3.05, 3.63) is 88.2 Å². The van der Waals surface area contributed by atoms with E-state index >= 15 is 0 Å². The van der Waals surface area contributed by atoms with Gasteiger partial charge in [0.15, 0.2) is 0 Å². The lowest BCUT2D eigenvalue weighted by Crippen LogP contribution is -2.45. The summed E-state index contributed by atoms with van der Waals surface area (Å²) in [5, 5.41) is 24.4. The standard InChI is InChI=1S/C27H30N2O3/c1-26(2)16-24(30)27(3,4)23-14-20(11-8-18-6-9-19(10-7-18)25(31)32)21(15-22(23)26)17-29-13-5-12-28-29/h5-15,24,30H,16-17H2,1-4H3,(H,31,32)/b11-8+. The second kappa shape index (κ2) is 8.06. The first-order valence-corrected chi connectivity index (χ1v) is 10.9. The van der Waals surface area contributed by atoms with Crippen molar-refractivity contribution >= 4 is 18.1 Å². The van der Waals surface area contributed by atoms with Gasteiger partial charge in [-0.15, -0.1) is 0 Å². The highest BCUT2D eigenvalue weighted by Gasteiger charge is 2.43. The van der Waals surface area contributed by atoms with Crippen LogP contribution in [0.4, 0.5) is 0 Å². The summed E-state index contributed by atoms with van der Waals surface area (Å²) in [5.74, 6) is -0.930. The van der Waals surface area contributed by atoms with E-state index in [9.17, 15) is 9.90 Å². The Hall–Kier alpha value is -3.18. The van der Waals surface area contributed by atoms with E-state index in [4.69, 9.17) is 5.11 Å². The fourth-order valence-corrected chi connectivity index (χ4v) is 4.57. The van der Waals surface area contributed by atoms with Crippen LogP contribution in [0.3, 0.4) is 0 Å². The SMILES string of the molecule is CC1(C)CC(O)C(C)(C)c2cc(/C=C/c3ccc(C(=O)O)cc3)c(Cn3cccn3)cc21. The van der Waals surface area contributed by atoms with Crippen LogP contribution in [0, 0.1) is 0 Å². The Kier molecular flexibility index (Phi) is 5.55. The predicted octanol–water partition coefficient (Wildman–Crippen LogP) is 5.12. The molecule has 1 aromatic heterocycles. The van der Waals surface area contributed by atoms with E-state index in [1.54, 1.807) is 18.3 Å². The monoisotopic (exact) mass is 430 g/mol. The Balaban J connectivity index is 1.80. The molecule has 166 valence electrons. The highest BCUT2D eigenvalue weighted by Crippen LogP contribution is 2.47. The van der Waals surface area contributed by atoms with E-state index < -0.39 is 12.1 Å². The van der Waals surface area contributed by atoms with Crippen LogP contribution in [0.5, 0.6) is 0 Å². The molecule has 1 aliphatic carbocycles. The maximum absolute atomic E-state index is 11.1. The topological polar surface area (TPSA) is 75.3 Å². The molecule has 0 bridgehead atoms. The number of nitrogens with zero attached hydrogens (tertiary/aromatic N) is 2. The molecular weight excluding hydrogens is 400 g/mol. The summed E-state index contributed by atoms with van der Waals surface area (Å²) in [4.78, 5) is 11.1. The lowest BCUT2D eigenvalue weighted by molar-refractivity contribution is 0.0582. The molecule has 1 unspecified atom stereocenters. The van der Waals surface area contributed by atoms with Crippen molar-refractivity contribution in [2.24, 2.45) is 0 Å². The van der Waals surface area contributed by atoms with Gasteiger partial charge >= 0.3 is 5.97 Å². The molecule has 1 aliphatic rings. The number of hydrogen-bond acceptors (Lipinski definition) is 3. The van der Waals surface area contributed by atoms with Gasteiger partial charge in [-0.2, -0.15) is 5.10 Å². The van der Waals surface area contributed by atoms with Gasteiger partial charge in [0, 0.05) is 17.8 Å². The molecule has 0 radical (unpaired) electrons. The fourth-order valence-electron chi connectivity index (χ4n) is 4.57. The maximum Gasteiger partial charge on any atom is 0.335 e. The second-order valence-electron chi connectivity index (χ2n) is 9.89. The average molecular weight is 431 g/mol. The molecule has 32 heavy (non-hydrogen) atoms. The molecule has 4 rings (SSSR count). The van der Waals surface area contributed by atoms with Crippen molar-refractivity contribution in [2.75, 3.05) is 0 Å². The minimum atomic E-state index is -0.930. The molecule has 0 amide bonds. The maximum atomic E-state index is 11.1. The molecule has 3 aromatic rings. The van der Waals surface area contributed by atoms with E-state index in [2.05, 4.69) is 51.0 Å². The molecule has 2 N–H and O–H groups in total. The molecule has 0 fully saturated rings. The molecule has 0 spiro atoms. The molecule has 0 saturated carbocycles. The molecule has 1 heterocycles. The first kappa shape index (κ1) is 22.0. The lowest BCUT2D eigenvalue weighted by Gasteiger charge is -2.45. The highest BCUT2D eigenvalue weighted by atomic mass is 16.4. The molecule has 2 aromatic carbocycles. The third-order valence-electron chi connectivity index (χ3n) is 6.74. The van der Waals surface area contributed by atoms with Crippen LogP contribution < -0.4 is 0 Å². The van der Waals surface area contributed by atoms with Gasteiger partial charge in [-0.05, 0) is 57.9 Å². The van der Waals surface area contributed by atoms with Crippen molar-refractivity contribution in [2.45, 2.75) is 57.6 Å². The average Bonchev–Trinajstić information content (AvgIpc) is 3.24.